The molecule has 1 heterocycles. The molecule has 0 bridgehead atoms. The summed E-state index contributed by atoms with van der Waals surface area (Å²) in [4.78, 5) is 27.1. The van der Waals surface area contributed by atoms with Gasteiger partial charge in [0, 0.05) is 16.8 Å². The molecule has 5 nitrogen and oxygen atoms in total. The van der Waals surface area contributed by atoms with Crippen LogP contribution in [0.4, 0.5) is 11.4 Å². The second-order valence-corrected chi connectivity index (χ2v) is 6.62. The zero-order valence-corrected chi connectivity index (χ0v) is 15.5. The summed E-state index contributed by atoms with van der Waals surface area (Å²) in [7, 11) is 0. The highest BCUT2D eigenvalue weighted by Crippen LogP contribution is 2.32. The largest absolute Gasteiger partial charge is 0.490 e. The molecule has 2 amide bonds. The van der Waals surface area contributed by atoms with Crippen LogP contribution in [0.15, 0.2) is 72.8 Å². The number of benzene rings is 3. The number of ether oxygens (including phenoxy) is 1. The number of fused-ring (bicyclic) bond motifs is 1. The monoisotopic (exact) mass is 372 g/mol. The van der Waals surface area contributed by atoms with E-state index in [0.717, 1.165) is 11.3 Å². The number of hydrogen-bond acceptors (Lipinski definition) is 3. The van der Waals surface area contributed by atoms with Gasteiger partial charge in [0.15, 0.2) is 0 Å². The van der Waals surface area contributed by atoms with Gasteiger partial charge in [0.25, 0.3) is 11.8 Å². The number of amides is 2. The van der Waals surface area contributed by atoms with Gasteiger partial charge in [-0.05, 0) is 55.0 Å². The Labute approximate surface area is 163 Å². The van der Waals surface area contributed by atoms with Crippen molar-refractivity contribution >= 4 is 23.2 Å². The predicted molar refractivity (Wildman–Crippen MR) is 109 cm³/mol. The summed E-state index contributed by atoms with van der Waals surface area (Å²) in [6.07, 6.45) is 0. The molecule has 3 aromatic carbocycles. The van der Waals surface area contributed by atoms with Crippen LogP contribution < -0.4 is 15.0 Å². The number of carbonyl (C=O) groups is 2. The Kier molecular flexibility index (Phi) is 4.81. The molecule has 5 heteroatoms. The zero-order valence-electron chi connectivity index (χ0n) is 15.5. The summed E-state index contributed by atoms with van der Waals surface area (Å²) in [6.45, 7) is 2.87. The molecular weight excluding hydrogens is 352 g/mol. The normalized spacial score (nSPS) is 12.7. The van der Waals surface area contributed by atoms with Crippen LogP contribution in [0.25, 0.3) is 0 Å². The van der Waals surface area contributed by atoms with Crippen molar-refractivity contribution in [2.45, 2.75) is 6.92 Å². The maximum absolute atomic E-state index is 12.9. The highest BCUT2D eigenvalue weighted by molar-refractivity contribution is 6.08. The highest BCUT2D eigenvalue weighted by Gasteiger charge is 2.24. The van der Waals surface area contributed by atoms with E-state index in [2.05, 4.69) is 5.32 Å². The van der Waals surface area contributed by atoms with Gasteiger partial charge in [0.1, 0.15) is 12.4 Å². The first-order valence-electron chi connectivity index (χ1n) is 9.14. The number of hydrogen-bond donors (Lipinski definition) is 1. The molecule has 3 aromatic rings. The highest BCUT2D eigenvalue weighted by atomic mass is 16.5. The minimum Gasteiger partial charge on any atom is -0.490 e. The second-order valence-electron chi connectivity index (χ2n) is 6.62. The standard InChI is InChI=1S/C23H20N2O3/c1-16-6-2-3-7-19(16)22(26)24-18-12-10-17(11-13-18)23(27)25-14-15-28-21-9-5-4-8-20(21)25/h2-13H,14-15H2,1H3,(H,24,26). The fourth-order valence-electron chi connectivity index (χ4n) is 3.26. The van der Waals surface area contributed by atoms with E-state index in [0.29, 0.717) is 35.7 Å². The Morgan fingerprint density at radius 1 is 0.929 bits per heavy atom. The summed E-state index contributed by atoms with van der Waals surface area (Å²) in [5.74, 6) is 0.455. The first kappa shape index (κ1) is 17.8. The van der Waals surface area contributed by atoms with Gasteiger partial charge in [-0.3, -0.25) is 9.59 Å². The van der Waals surface area contributed by atoms with Gasteiger partial charge in [0.05, 0.1) is 12.2 Å². The van der Waals surface area contributed by atoms with Crippen molar-refractivity contribution in [1.82, 2.24) is 0 Å². The number of rotatable bonds is 3. The van der Waals surface area contributed by atoms with Crippen LogP contribution in [0.2, 0.25) is 0 Å². The number of para-hydroxylation sites is 2. The average Bonchev–Trinajstić information content (AvgIpc) is 2.73. The van der Waals surface area contributed by atoms with E-state index in [4.69, 9.17) is 4.74 Å². The van der Waals surface area contributed by atoms with Gasteiger partial charge in [-0.2, -0.15) is 0 Å². The summed E-state index contributed by atoms with van der Waals surface area (Å²) in [6, 6.07) is 21.9. The van der Waals surface area contributed by atoms with Gasteiger partial charge >= 0.3 is 0 Å². The Morgan fingerprint density at radius 3 is 2.43 bits per heavy atom. The van der Waals surface area contributed by atoms with E-state index in [1.165, 1.54) is 0 Å². The lowest BCUT2D eigenvalue weighted by Gasteiger charge is -2.29. The van der Waals surface area contributed by atoms with Crippen molar-refractivity contribution in [2.24, 2.45) is 0 Å². The summed E-state index contributed by atoms with van der Waals surface area (Å²) < 4.78 is 5.61. The molecule has 0 aromatic heterocycles. The second kappa shape index (κ2) is 7.56. The van der Waals surface area contributed by atoms with Crippen LogP contribution in [0.5, 0.6) is 5.75 Å². The van der Waals surface area contributed by atoms with E-state index in [9.17, 15) is 9.59 Å². The lowest BCUT2D eigenvalue weighted by atomic mass is 10.1. The molecular formula is C23H20N2O3. The van der Waals surface area contributed by atoms with Crippen molar-refractivity contribution in [3.05, 3.63) is 89.5 Å². The quantitative estimate of drug-likeness (QED) is 0.746. The van der Waals surface area contributed by atoms with Crippen LogP contribution in [-0.2, 0) is 0 Å². The molecule has 1 aliphatic heterocycles. The minimum atomic E-state index is -0.167. The number of aryl methyl sites for hydroxylation is 1. The minimum absolute atomic E-state index is 0.0902. The van der Waals surface area contributed by atoms with E-state index in [-0.39, 0.29) is 11.8 Å². The molecule has 1 aliphatic rings. The van der Waals surface area contributed by atoms with Crippen molar-refractivity contribution in [2.75, 3.05) is 23.4 Å². The third-order valence-corrected chi connectivity index (χ3v) is 4.75. The molecule has 28 heavy (non-hydrogen) atoms. The fraction of sp³-hybridized carbons (Fsp3) is 0.130. The first-order valence-corrected chi connectivity index (χ1v) is 9.14. The Hall–Kier alpha value is -3.60. The zero-order chi connectivity index (χ0) is 19.5. The maximum atomic E-state index is 12.9. The van der Waals surface area contributed by atoms with Crippen molar-refractivity contribution in [3.8, 4) is 5.75 Å². The van der Waals surface area contributed by atoms with Gasteiger partial charge in [-0.25, -0.2) is 0 Å². The Balaban J connectivity index is 1.50. The van der Waals surface area contributed by atoms with Crippen LogP contribution in [0.1, 0.15) is 26.3 Å². The van der Waals surface area contributed by atoms with E-state index < -0.39 is 0 Å². The van der Waals surface area contributed by atoms with E-state index in [1.807, 2.05) is 49.4 Å². The van der Waals surface area contributed by atoms with Gasteiger partial charge < -0.3 is 15.0 Å². The third-order valence-electron chi connectivity index (χ3n) is 4.75. The van der Waals surface area contributed by atoms with Gasteiger partial charge in [-0.1, -0.05) is 30.3 Å². The number of nitrogens with one attached hydrogen (secondary N) is 1. The van der Waals surface area contributed by atoms with Gasteiger partial charge in [-0.15, -0.1) is 0 Å². The molecule has 0 saturated carbocycles. The van der Waals surface area contributed by atoms with E-state index in [1.54, 1.807) is 35.2 Å². The number of nitrogens with zero attached hydrogens (tertiary/aromatic N) is 1. The van der Waals surface area contributed by atoms with Crippen LogP contribution in [0.3, 0.4) is 0 Å². The smallest absolute Gasteiger partial charge is 0.258 e. The topological polar surface area (TPSA) is 58.6 Å². The molecule has 0 unspecified atom stereocenters. The summed E-state index contributed by atoms with van der Waals surface area (Å²) >= 11 is 0. The number of anilines is 2. The molecule has 140 valence electrons. The summed E-state index contributed by atoms with van der Waals surface area (Å²) in [5, 5.41) is 2.88. The Bertz CT molecular complexity index is 1030. The van der Waals surface area contributed by atoms with Crippen LogP contribution >= 0.6 is 0 Å². The van der Waals surface area contributed by atoms with Crippen molar-refractivity contribution in [1.29, 1.82) is 0 Å². The maximum Gasteiger partial charge on any atom is 0.258 e. The molecule has 1 N–H and O–H groups in total. The third kappa shape index (κ3) is 3.47. The summed E-state index contributed by atoms with van der Waals surface area (Å²) in [5.41, 5.74) is 3.53. The van der Waals surface area contributed by atoms with E-state index >= 15 is 0 Å². The first-order chi connectivity index (χ1) is 13.6. The van der Waals surface area contributed by atoms with Crippen LogP contribution in [-0.4, -0.2) is 25.0 Å². The van der Waals surface area contributed by atoms with Crippen molar-refractivity contribution < 1.29 is 14.3 Å². The van der Waals surface area contributed by atoms with Crippen molar-refractivity contribution in [3.63, 3.8) is 0 Å². The average molecular weight is 372 g/mol. The predicted octanol–water partition coefficient (Wildman–Crippen LogP) is 4.29. The molecule has 0 fully saturated rings. The molecule has 0 spiro atoms. The SMILES string of the molecule is Cc1ccccc1C(=O)Nc1ccc(C(=O)N2CCOc3ccccc32)cc1. The molecule has 0 atom stereocenters. The lowest BCUT2D eigenvalue weighted by Crippen LogP contribution is -2.37. The number of carbonyl (C=O) groups excluding carboxylic acids is 2. The Morgan fingerprint density at radius 2 is 1.64 bits per heavy atom. The fourth-order valence-corrected chi connectivity index (χ4v) is 3.26. The molecule has 4 rings (SSSR count). The molecule has 0 saturated heterocycles. The molecule has 0 aliphatic carbocycles. The van der Waals surface area contributed by atoms with Gasteiger partial charge in [0.2, 0.25) is 0 Å². The lowest BCUT2D eigenvalue weighted by molar-refractivity contribution is 0.0975. The molecule has 0 radical (unpaired) electrons. The van der Waals surface area contributed by atoms with Crippen LogP contribution in [0, 0.1) is 6.92 Å².